The molecular formula is C20H20ClN3O. The van der Waals surface area contributed by atoms with E-state index in [1.54, 1.807) is 7.11 Å². The Hall–Kier alpha value is -2.46. The highest BCUT2D eigenvalue weighted by molar-refractivity contribution is 6.31. The van der Waals surface area contributed by atoms with E-state index in [0.717, 1.165) is 41.5 Å². The Balaban J connectivity index is 1.92. The van der Waals surface area contributed by atoms with Gasteiger partial charge in [-0.3, -0.25) is 0 Å². The van der Waals surface area contributed by atoms with E-state index >= 15 is 0 Å². The maximum Gasteiger partial charge on any atom is 0.133 e. The van der Waals surface area contributed by atoms with Crippen LogP contribution in [0.2, 0.25) is 5.02 Å². The largest absolute Gasteiger partial charge is 0.496 e. The van der Waals surface area contributed by atoms with Crippen LogP contribution in [0.4, 0.5) is 5.82 Å². The Morgan fingerprint density at radius 3 is 2.72 bits per heavy atom. The summed E-state index contributed by atoms with van der Waals surface area (Å²) in [6.07, 6.45) is 0.936. The standard InChI is InChI=1S/C20H20ClN3O/c1-12-4-6-15(10-13(12)2)24-20-16(8-9-22-20)19(23-24)17-11-14(21)5-7-18(17)25-3/h4-7,10-11,22H,8-9H2,1-3H3. The van der Waals surface area contributed by atoms with Crippen LogP contribution in [0.3, 0.4) is 0 Å². The molecule has 0 aliphatic carbocycles. The number of benzene rings is 2. The molecule has 0 spiro atoms. The van der Waals surface area contributed by atoms with Crippen molar-refractivity contribution in [2.24, 2.45) is 0 Å². The number of anilines is 1. The fraction of sp³-hybridized carbons (Fsp3) is 0.250. The molecule has 0 unspecified atom stereocenters. The van der Waals surface area contributed by atoms with Gasteiger partial charge in [-0.05, 0) is 61.7 Å². The molecule has 0 saturated carbocycles. The summed E-state index contributed by atoms with van der Waals surface area (Å²) in [4.78, 5) is 0. The van der Waals surface area contributed by atoms with Gasteiger partial charge in [-0.1, -0.05) is 17.7 Å². The molecular weight excluding hydrogens is 334 g/mol. The van der Waals surface area contributed by atoms with Crippen molar-refractivity contribution in [2.45, 2.75) is 20.3 Å². The maximum absolute atomic E-state index is 6.23. The maximum atomic E-state index is 6.23. The smallest absolute Gasteiger partial charge is 0.133 e. The monoisotopic (exact) mass is 353 g/mol. The van der Waals surface area contributed by atoms with Gasteiger partial charge in [0.25, 0.3) is 0 Å². The number of hydrogen-bond acceptors (Lipinski definition) is 3. The first kappa shape index (κ1) is 16.0. The quantitative estimate of drug-likeness (QED) is 0.736. The zero-order valence-electron chi connectivity index (χ0n) is 14.6. The third kappa shape index (κ3) is 2.67. The molecule has 2 heterocycles. The second-order valence-corrected chi connectivity index (χ2v) is 6.81. The molecule has 0 radical (unpaired) electrons. The zero-order chi connectivity index (χ0) is 17.6. The van der Waals surface area contributed by atoms with Crippen LogP contribution in [0, 0.1) is 13.8 Å². The topological polar surface area (TPSA) is 39.1 Å². The van der Waals surface area contributed by atoms with E-state index in [1.807, 2.05) is 22.9 Å². The molecule has 0 atom stereocenters. The Labute approximate surface area is 152 Å². The Morgan fingerprint density at radius 2 is 1.96 bits per heavy atom. The highest BCUT2D eigenvalue weighted by Gasteiger charge is 2.25. The Morgan fingerprint density at radius 1 is 1.12 bits per heavy atom. The predicted molar refractivity (Wildman–Crippen MR) is 102 cm³/mol. The summed E-state index contributed by atoms with van der Waals surface area (Å²) in [7, 11) is 1.67. The molecule has 1 aromatic heterocycles. The average molecular weight is 354 g/mol. The highest BCUT2D eigenvalue weighted by atomic mass is 35.5. The van der Waals surface area contributed by atoms with Crippen molar-refractivity contribution in [3.05, 3.63) is 58.1 Å². The lowest BCUT2D eigenvalue weighted by atomic mass is 10.1. The van der Waals surface area contributed by atoms with E-state index in [4.69, 9.17) is 21.4 Å². The first-order valence-corrected chi connectivity index (χ1v) is 8.73. The molecule has 4 nitrogen and oxygen atoms in total. The van der Waals surface area contributed by atoms with Gasteiger partial charge in [0.2, 0.25) is 0 Å². The van der Waals surface area contributed by atoms with Crippen LogP contribution in [0.25, 0.3) is 16.9 Å². The van der Waals surface area contributed by atoms with Gasteiger partial charge in [0.1, 0.15) is 17.3 Å². The summed E-state index contributed by atoms with van der Waals surface area (Å²) in [6, 6.07) is 12.1. The molecule has 4 rings (SSSR count). The summed E-state index contributed by atoms with van der Waals surface area (Å²) in [6.45, 7) is 5.15. The minimum Gasteiger partial charge on any atom is -0.496 e. The Bertz CT molecular complexity index is 962. The number of halogens is 1. The molecule has 128 valence electrons. The number of ether oxygens (including phenoxy) is 1. The van der Waals surface area contributed by atoms with Gasteiger partial charge in [0.15, 0.2) is 0 Å². The lowest BCUT2D eigenvalue weighted by molar-refractivity contribution is 0.416. The van der Waals surface area contributed by atoms with Crippen LogP contribution in [0.15, 0.2) is 36.4 Å². The summed E-state index contributed by atoms with van der Waals surface area (Å²) < 4.78 is 7.53. The number of rotatable bonds is 3. The van der Waals surface area contributed by atoms with Crippen LogP contribution in [0.5, 0.6) is 5.75 Å². The number of aryl methyl sites for hydroxylation is 2. The number of aromatic nitrogens is 2. The third-order valence-corrected chi connectivity index (χ3v) is 5.04. The molecule has 25 heavy (non-hydrogen) atoms. The Kier molecular flexibility index (Phi) is 3.92. The van der Waals surface area contributed by atoms with Crippen LogP contribution in [-0.2, 0) is 6.42 Å². The van der Waals surface area contributed by atoms with Gasteiger partial charge in [0.05, 0.1) is 12.8 Å². The van der Waals surface area contributed by atoms with Crippen molar-refractivity contribution in [1.29, 1.82) is 0 Å². The van der Waals surface area contributed by atoms with Gasteiger partial charge in [-0.15, -0.1) is 0 Å². The summed E-state index contributed by atoms with van der Waals surface area (Å²) in [5.74, 6) is 1.84. The predicted octanol–water partition coefficient (Wildman–Crippen LogP) is 4.79. The molecule has 0 saturated heterocycles. The minimum atomic E-state index is 0.677. The molecule has 2 aromatic carbocycles. The SMILES string of the molecule is COc1ccc(Cl)cc1-c1nn(-c2ccc(C)c(C)c2)c2c1CCN2. The third-order valence-electron chi connectivity index (χ3n) is 4.80. The fourth-order valence-corrected chi connectivity index (χ4v) is 3.47. The van der Waals surface area contributed by atoms with Gasteiger partial charge < -0.3 is 10.1 Å². The van der Waals surface area contributed by atoms with Gasteiger partial charge >= 0.3 is 0 Å². The summed E-state index contributed by atoms with van der Waals surface area (Å²) >= 11 is 6.23. The number of hydrogen-bond donors (Lipinski definition) is 1. The van der Waals surface area contributed by atoms with Crippen molar-refractivity contribution in [2.75, 3.05) is 19.0 Å². The minimum absolute atomic E-state index is 0.677. The van der Waals surface area contributed by atoms with E-state index in [9.17, 15) is 0 Å². The van der Waals surface area contributed by atoms with E-state index in [0.29, 0.717) is 5.02 Å². The molecule has 3 aromatic rings. The van der Waals surface area contributed by atoms with Crippen molar-refractivity contribution >= 4 is 17.4 Å². The van der Waals surface area contributed by atoms with Crippen LogP contribution in [-0.4, -0.2) is 23.4 Å². The van der Waals surface area contributed by atoms with Gasteiger partial charge in [0, 0.05) is 22.7 Å². The molecule has 1 aliphatic rings. The lowest BCUT2D eigenvalue weighted by Crippen LogP contribution is -2.05. The first-order valence-electron chi connectivity index (χ1n) is 8.36. The van der Waals surface area contributed by atoms with E-state index in [2.05, 4.69) is 37.4 Å². The van der Waals surface area contributed by atoms with Crippen LogP contribution < -0.4 is 10.1 Å². The van der Waals surface area contributed by atoms with Gasteiger partial charge in [-0.2, -0.15) is 5.10 Å². The first-order chi connectivity index (χ1) is 12.1. The molecule has 0 amide bonds. The van der Waals surface area contributed by atoms with Crippen LogP contribution in [0.1, 0.15) is 16.7 Å². The van der Waals surface area contributed by atoms with E-state index in [1.165, 1.54) is 16.7 Å². The second-order valence-electron chi connectivity index (χ2n) is 6.38. The van der Waals surface area contributed by atoms with E-state index in [-0.39, 0.29) is 0 Å². The molecule has 0 bridgehead atoms. The number of nitrogens with one attached hydrogen (secondary N) is 1. The van der Waals surface area contributed by atoms with Crippen molar-refractivity contribution in [3.63, 3.8) is 0 Å². The highest BCUT2D eigenvalue weighted by Crippen LogP contribution is 2.39. The van der Waals surface area contributed by atoms with Crippen molar-refractivity contribution < 1.29 is 4.74 Å². The molecule has 0 fully saturated rings. The van der Waals surface area contributed by atoms with Crippen molar-refractivity contribution in [3.8, 4) is 22.7 Å². The molecule has 5 heteroatoms. The number of nitrogens with zero attached hydrogens (tertiary/aromatic N) is 2. The molecule has 1 aliphatic heterocycles. The fourth-order valence-electron chi connectivity index (χ4n) is 3.30. The molecule has 1 N–H and O–H groups in total. The number of fused-ring (bicyclic) bond motifs is 1. The van der Waals surface area contributed by atoms with E-state index < -0.39 is 0 Å². The van der Waals surface area contributed by atoms with Crippen LogP contribution >= 0.6 is 11.6 Å². The second kappa shape index (κ2) is 6.12. The lowest BCUT2D eigenvalue weighted by Gasteiger charge is -2.09. The normalized spacial score (nSPS) is 12.8. The average Bonchev–Trinajstić information content (AvgIpc) is 3.20. The number of methoxy groups -OCH3 is 1. The van der Waals surface area contributed by atoms with Crippen molar-refractivity contribution in [1.82, 2.24) is 9.78 Å². The zero-order valence-corrected chi connectivity index (χ0v) is 15.3. The summed E-state index contributed by atoms with van der Waals surface area (Å²) in [5, 5.41) is 9.06. The van der Waals surface area contributed by atoms with Gasteiger partial charge in [-0.25, -0.2) is 4.68 Å². The summed E-state index contributed by atoms with van der Waals surface area (Å²) in [5.41, 5.74) is 6.65.